The van der Waals surface area contributed by atoms with Crippen molar-refractivity contribution in [2.24, 2.45) is 0 Å². The number of anilines is 4. The fourth-order valence-electron chi connectivity index (χ4n) is 3.61. The van der Waals surface area contributed by atoms with Gasteiger partial charge in [0.05, 0.1) is 29.3 Å². The molecule has 0 saturated carbocycles. The summed E-state index contributed by atoms with van der Waals surface area (Å²) in [7, 11) is 0. The van der Waals surface area contributed by atoms with E-state index in [1.165, 1.54) is 47.5 Å². The van der Waals surface area contributed by atoms with Crippen LogP contribution in [-0.4, -0.2) is 36.0 Å². The molecule has 0 aliphatic carbocycles. The number of pyridine rings is 1. The van der Waals surface area contributed by atoms with Crippen LogP contribution in [0.5, 0.6) is 0 Å². The summed E-state index contributed by atoms with van der Waals surface area (Å²) in [4.78, 5) is 45.7. The molecule has 12 nitrogen and oxygen atoms in total. The second-order valence-corrected chi connectivity index (χ2v) is 7.84. The number of urea groups is 1. The third kappa shape index (κ3) is 5.06. The highest BCUT2D eigenvalue weighted by Crippen LogP contribution is 2.33. The number of rotatable bonds is 5. The van der Waals surface area contributed by atoms with Crippen molar-refractivity contribution >= 4 is 39.9 Å². The average molecular weight is 523 g/mol. The van der Waals surface area contributed by atoms with Gasteiger partial charge in [-0.3, -0.25) is 9.78 Å². The number of hydrogen-bond acceptors (Lipinski definition) is 7. The van der Waals surface area contributed by atoms with Crippen molar-refractivity contribution in [3.63, 3.8) is 0 Å². The molecule has 0 aliphatic heterocycles. The van der Waals surface area contributed by atoms with Gasteiger partial charge in [0, 0.05) is 23.6 Å². The van der Waals surface area contributed by atoms with Crippen LogP contribution in [0.1, 0.15) is 5.56 Å². The number of H-pyrrole nitrogens is 2. The van der Waals surface area contributed by atoms with E-state index in [-0.39, 0.29) is 33.7 Å². The summed E-state index contributed by atoms with van der Waals surface area (Å²) in [6.45, 7) is 0. The summed E-state index contributed by atoms with van der Waals surface area (Å²) < 4.78 is 40.9. The molecule has 5 N–H and O–H groups in total. The number of nitrogens with zero attached hydrogens (tertiary/aromatic N) is 4. The van der Waals surface area contributed by atoms with Gasteiger partial charge in [-0.2, -0.15) is 18.2 Å². The van der Waals surface area contributed by atoms with Gasteiger partial charge in [0.25, 0.3) is 0 Å². The number of benzene rings is 2. The molecule has 15 heteroatoms. The number of fused-ring (bicyclic) bond motifs is 1. The molecule has 0 unspecified atom stereocenters. The molecule has 0 spiro atoms. The third-order valence-electron chi connectivity index (χ3n) is 5.29. The Labute approximate surface area is 209 Å². The fourth-order valence-corrected chi connectivity index (χ4v) is 3.61. The van der Waals surface area contributed by atoms with Crippen molar-refractivity contribution in [1.29, 1.82) is 0 Å². The van der Waals surface area contributed by atoms with Crippen molar-refractivity contribution < 1.29 is 18.0 Å². The maximum atomic E-state index is 13.2. The SMILES string of the molecule is O=C(Nc1ccc(Nc2[nH]c(=O)nc3[nH]ccc(=O)c23)cc1)Nc1cc(C(F)(F)F)ccc1-n1ccnn1. The van der Waals surface area contributed by atoms with Crippen LogP contribution in [0.3, 0.4) is 0 Å². The van der Waals surface area contributed by atoms with Gasteiger partial charge in [-0.1, -0.05) is 5.21 Å². The third-order valence-corrected chi connectivity index (χ3v) is 5.29. The lowest BCUT2D eigenvalue weighted by atomic mass is 10.1. The van der Waals surface area contributed by atoms with Gasteiger partial charge in [-0.15, -0.1) is 5.10 Å². The zero-order valence-electron chi connectivity index (χ0n) is 19.0. The number of alkyl halides is 3. The van der Waals surface area contributed by atoms with E-state index in [1.807, 2.05) is 0 Å². The van der Waals surface area contributed by atoms with Crippen LogP contribution in [0.15, 0.2) is 76.7 Å². The van der Waals surface area contributed by atoms with Crippen LogP contribution in [-0.2, 0) is 6.18 Å². The topological polar surface area (TPSA) is 162 Å². The van der Waals surface area contributed by atoms with Gasteiger partial charge in [-0.05, 0) is 42.5 Å². The first-order valence-corrected chi connectivity index (χ1v) is 10.8. The molecule has 0 radical (unpaired) electrons. The minimum absolute atomic E-state index is 0.110. The molecule has 5 aromatic rings. The first-order valence-electron chi connectivity index (χ1n) is 10.8. The number of aromatic amines is 2. The number of carbonyl (C=O) groups excluding carboxylic acids is 1. The van der Waals surface area contributed by atoms with E-state index in [1.54, 1.807) is 12.1 Å². The lowest BCUT2D eigenvalue weighted by Gasteiger charge is -2.15. The maximum absolute atomic E-state index is 13.2. The number of nitrogens with one attached hydrogen (secondary N) is 5. The zero-order chi connectivity index (χ0) is 26.9. The van der Waals surface area contributed by atoms with Crippen LogP contribution in [0.2, 0.25) is 0 Å². The maximum Gasteiger partial charge on any atom is 0.416 e. The summed E-state index contributed by atoms with van der Waals surface area (Å²) >= 11 is 0. The molecule has 192 valence electrons. The number of amides is 2. The van der Waals surface area contributed by atoms with Crippen molar-refractivity contribution in [3.8, 4) is 5.69 Å². The average Bonchev–Trinajstić information content (AvgIpc) is 3.39. The predicted octanol–water partition coefficient (Wildman–Crippen LogP) is 3.60. The molecule has 2 amide bonds. The second kappa shape index (κ2) is 9.53. The Balaban J connectivity index is 1.34. The Bertz CT molecular complexity index is 1750. The Morgan fingerprint density at radius 3 is 2.45 bits per heavy atom. The Morgan fingerprint density at radius 2 is 1.74 bits per heavy atom. The van der Waals surface area contributed by atoms with Crippen LogP contribution in [0, 0.1) is 0 Å². The Kier molecular flexibility index (Phi) is 6.08. The molecule has 0 aliphatic rings. The first-order chi connectivity index (χ1) is 18.2. The standard InChI is InChI=1S/C23H16F3N9O3/c24-23(25,26)12-1-6-16(35-10-9-28-34-35)15(11-12)31-21(37)30-14-4-2-13(3-5-14)29-20-18-17(36)7-8-27-19(18)32-22(38)33-20/h1-11H,(H2,30,31,37)(H3,27,29,32,33,36,38). The van der Waals surface area contributed by atoms with E-state index in [0.717, 1.165) is 12.1 Å². The minimum atomic E-state index is -4.62. The summed E-state index contributed by atoms with van der Waals surface area (Å²) in [6, 6.07) is 9.47. The van der Waals surface area contributed by atoms with Gasteiger partial charge in [0.15, 0.2) is 11.1 Å². The largest absolute Gasteiger partial charge is 0.416 e. The van der Waals surface area contributed by atoms with Crippen molar-refractivity contribution in [1.82, 2.24) is 29.9 Å². The van der Waals surface area contributed by atoms with E-state index >= 15 is 0 Å². The van der Waals surface area contributed by atoms with Crippen molar-refractivity contribution in [3.05, 3.63) is 93.4 Å². The van der Waals surface area contributed by atoms with Crippen LogP contribution < -0.4 is 27.1 Å². The minimum Gasteiger partial charge on any atom is -0.346 e. The highest BCUT2D eigenvalue weighted by atomic mass is 19.4. The van der Waals surface area contributed by atoms with Crippen molar-refractivity contribution in [2.75, 3.05) is 16.0 Å². The van der Waals surface area contributed by atoms with E-state index in [9.17, 15) is 27.6 Å². The normalized spacial score (nSPS) is 11.3. The summed E-state index contributed by atoms with van der Waals surface area (Å²) in [5.41, 5.74) is -1.05. The number of halogens is 3. The van der Waals surface area contributed by atoms with E-state index < -0.39 is 23.5 Å². The predicted molar refractivity (Wildman–Crippen MR) is 132 cm³/mol. The number of hydrogen-bond donors (Lipinski definition) is 5. The number of aromatic nitrogens is 6. The highest BCUT2D eigenvalue weighted by molar-refractivity contribution is 6.01. The van der Waals surface area contributed by atoms with Gasteiger partial charge >= 0.3 is 17.9 Å². The monoisotopic (exact) mass is 523 g/mol. The van der Waals surface area contributed by atoms with E-state index in [2.05, 4.69) is 41.2 Å². The Hall–Kier alpha value is -5.47. The summed E-state index contributed by atoms with van der Waals surface area (Å²) in [5, 5.41) is 15.4. The molecule has 38 heavy (non-hydrogen) atoms. The van der Waals surface area contributed by atoms with Crippen LogP contribution in [0.4, 0.5) is 40.8 Å². The lowest BCUT2D eigenvalue weighted by Crippen LogP contribution is -2.21. The quantitative estimate of drug-likeness (QED) is 0.235. The molecule has 3 aromatic heterocycles. The molecule has 0 atom stereocenters. The van der Waals surface area contributed by atoms with E-state index in [4.69, 9.17) is 0 Å². The van der Waals surface area contributed by atoms with Gasteiger partial charge in [0.2, 0.25) is 0 Å². The van der Waals surface area contributed by atoms with Crippen LogP contribution >= 0.6 is 0 Å². The molecule has 0 fully saturated rings. The molecular weight excluding hydrogens is 507 g/mol. The Morgan fingerprint density at radius 1 is 0.974 bits per heavy atom. The van der Waals surface area contributed by atoms with Gasteiger partial charge < -0.3 is 20.9 Å². The molecule has 0 saturated heterocycles. The molecule has 5 rings (SSSR count). The fraction of sp³-hybridized carbons (Fsp3) is 0.0435. The smallest absolute Gasteiger partial charge is 0.346 e. The lowest BCUT2D eigenvalue weighted by molar-refractivity contribution is -0.137. The van der Waals surface area contributed by atoms with Crippen LogP contribution in [0.25, 0.3) is 16.7 Å². The van der Waals surface area contributed by atoms with Gasteiger partial charge in [0.1, 0.15) is 11.2 Å². The summed E-state index contributed by atoms with van der Waals surface area (Å²) in [5.74, 6) is 0.130. The molecule has 3 heterocycles. The highest BCUT2D eigenvalue weighted by Gasteiger charge is 2.31. The summed E-state index contributed by atoms with van der Waals surface area (Å²) in [6.07, 6.45) is -0.477. The zero-order valence-corrected chi connectivity index (χ0v) is 19.0. The van der Waals surface area contributed by atoms with Crippen molar-refractivity contribution in [2.45, 2.75) is 6.18 Å². The molecular formula is C23H16F3N9O3. The first kappa shape index (κ1) is 24.2. The van der Waals surface area contributed by atoms with E-state index in [0.29, 0.717) is 11.4 Å². The molecule has 0 bridgehead atoms. The number of carbonyl (C=O) groups is 1. The second-order valence-electron chi connectivity index (χ2n) is 7.84. The van der Waals surface area contributed by atoms with Gasteiger partial charge in [-0.25, -0.2) is 14.3 Å². The molecule has 2 aromatic carbocycles.